The fourth-order valence-electron chi connectivity index (χ4n) is 1.36. The lowest BCUT2D eigenvalue weighted by molar-refractivity contribution is -0.522. The Kier molecular flexibility index (Phi) is 6.12. The number of hydrogen-bond donors (Lipinski definition) is 0. The van der Waals surface area contributed by atoms with E-state index in [1.165, 1.54) is 0 Å². The monoisotopic (exact) mass is 205 g/mol. The first-order valence-corrected chi connectivity index (χ1v) is 5.76. The van der Waals surface area contributed by atoms with E-state index in [1.807, 2.05) is 13.8 Å². The van der Waals surface area contributed by atoms with Crippen molar-refractivity contribution in [1.29, 1.82) is 0 Å². The van der Waals surface area contributed by atoms with Crippen LogP contribution in [0.2, 0.25) is 0 Å². The lowest BCUT2D eigenvalue weighted by Gasteiger charge is -2.19. The normalized spacial score (nSPS) is 15.8. The van der Waals surface area contributed by atoms with Crippen molar-refractivity contribution >= 4 is 11.8 Å². The second kappa shape index (κ2) is 6.24. The molecular formula is C9H19NO2S. The lowest BCUT2D eigenvalue weighted by Crippen LogP contribution is -2.31. The molecule has 13 heavy (non-hydrogen) atoms. The zero-order valence-corrected chi connectivity index (χ0v) is 9.63. The molecule has 0 unspecified atom stereocenters. The quantitative estimate of drug-likeness (QED) is 0.494. The van der Waals surface area contributed by atoms with Gasteiger partial charge in [-0.1, -0.05) is 27.7 Å². The first-order chi connectivity index (χ1) is 6.02. The molecule has 0 aromatic heterocycles. The zero-order chi connectivity index (χ0) is 10.4. The molecule has 0 bridgehead atoms. The summed E-state index contributed by atoms with van der Waals surface area (Å²) in [5, 5.41) is 11.3. The van der Waals surface area contributed by atoms with E-state index in [1.54, 1.807) is 11.8 Å². The molecule has 0 radical (unpaired) electrons. The van der Waals surface area contributed by atoms with Crippen LogP contribution in [0.25, 0.3) is 0 Å². The van der Waals surface area contributed by atoms with Crippen molar-refractivity contribution in [3.05, 3.63) is 10.1 Å². The molecule has 0 rings (SSSR count). The molecule has 2 atom stereocenters. The average Bonchev–Trinajstić information content (AvgIpc) is 2.02. The van der Waals surface area contributed by atoms with E-state index in [0.717, 1.165) is 6.42 Å². The van der Waals surface area contributed by atoms with Gasteiger partial charge in [0.25, 0.3) is 0 Å². The summed E-state index contributed by atoms with van der Waals surface area (Å²) in [6.07, 6.45) is 1.51. The fourth-order valence-corrected chi connectivity index (χ4v) is 2.72. The molecule has 0 heterocycles. The number of nitrogens with zero attached hydrogens (tertiary/aromatic N) is 1. The number of hydrogen-bond acceptors (Lipinski definition) is 3. The van der Waals surface area contributed by atoms with E-state index < -0.39 is 0 Å². The summed E-state index contributed by atoms with van der Waals surface area (Å²) in [4.78, 5) is 10.6. The average molecular weight is 205 g/mol. The largest absolute Gasteiger partial charge is 0.264 e. The molecule has 0 N–H and O–H groups in total. The summed E-state index contributed by atoms with van der Waals surface area (Å²) in [5.74, 6) is 0. The van der Waals surface area contributed by atoms with Crippen LogP contribution in [0.4, 0.5) is 0 Å². The summed E-state index contributed by atoms with van der Waals surface area (Å²) in [6.45, 7) is 8.07. The highest BCUT2D eigenvalue weighted by Crippen LogP contribution is 2.25. The zero-order valence-electron chi connectivity index (χ0n) is 8.82. The van der Waals surface area contributed by atoms with Gasteiger partial charge in [0.15, 0.2) is 0 Å². The molecule has 0 aromatic rings. The highest BCUT2D eigenvalue weighted by molar-refractivity contribution is 8.00. The van der Waals surface area contributed by atoms with Crippen LogP contribution in [0.5, 0.6) is 0 Å². The Morgan fingerprint density at radius 1 is 1.31 bits per heavy atom. The molecule has 0 saturated heterocycles. The number of rotatable bonds is 6. The SMILES string of the molecule is CC[C@@H](SC(C)C)[C@H](CC)[N+](=O)[O-]. The van der Waals surface area contributed by atoms with Crippen LogP contribution in [-0.4, -0.2) is 21.5 Å². The van der Waals surface area contributed by atoms with Gasteiger partial charge in [0.05, 0.1) is 5.25 Å². The van der Waals surface area contributed by atoms with E-state index in [0.29, 0.717) is 11.7 Å². The molecule has 0 amide bonds. The highest BCUT2D eigenvalue weighted by Gasteiger charge is 2.29. The molecule has 0 spiro atoms. The Morgan fingerprint density at radius 3 is 2.08 bits per heavy atom. The highest BCUT2D eigenvalue weighted by atomic mass is 32.2. The van der Waals surface area contributed by atoms with Gasteiger partial charge in [0, 0.05) is 11.3 Å². The van der Waals surface area contributed by atoms with E-state index in [-0.39, 0.29) is 16.2 Å². The van der Waals surface area contributed by atoms with Crippen molar-refractivity contribution in [2.45, 2.75) is 57.1 Å². The minimum Gasteiger partial charge on any atom is -0.264 e. The van der Waals surface area contributed by atoms with Crippen LogP contribution in [0.1, 0.15) is 40.5 Å². The van der Waals surface area contributed by atoms with Crippen molar-refractivity contribution in [3.63, 3.8) is 0 Å². The van der Waals surface area contributed by atoms with E-state index >= 15 is 0 Å². The van der Waals surface area contributed by atoms with Crippen molar-refractivity contribution in [3.8, 4) is 0 Å². The minimum absolute atomic E-state index is 0.135. The van der Waals surface area contributed by atoms with Gasteiger partial charge in [-0.05, 0) is 11.7 Å². The maximum absolute atomic E-state index is 10.7. The minimum atomic E-state index is -0.377. The summed E-state index contributed by atoms with van der Waals surface area (Å²) in [6, 6.07) is -0.377. The molecule has 0 fully saturated rings. The van der Waals surface area contributed by atoms with Gasteiger partial charge in [-0.2, -0.15) is 0 Å². The second-order valence-corrected chi connectivity index (χ2v) is 5.21. The summed E-state index contributed by atoms with van der Waals surface area (Å²) < 4.78 is 0. The summed E-state index contributed by atoms with van der Waals surface area (Å²) in [7, 11) is 0. The molecule has 4 heteroatoms. The first-order valence-electron chi connectivity index (χ1n) is 4.81. The summed E-state index contributed by atoms with van der Waals surface area (Å²) >= 11 is 1.72. The Labute approximate surface area is 84.4 Å². The van der Waals surface area contributed by atoms with Crippen molar-refractivity contribution in [2.75, 3.05) is 0 Å². The van der Waals surface area contributed by atoms with E-state index in [9.17, 15) is 10.1 Å². The molecule has 78 valence electrons. The van der Waals surface area contributed by atoms with Crippen LogP contribution in [0, 0.1) is 10.1 Å². The fraction of sp³-hybridized carbons (Fsp3) is 1.00. The Bertz CT molecular complexity index is 162. The van der Waals surface area contributed by atoms with Crippen molar-refractivity contribution in [1.82, 2.24) is 0 Å². The Balaban J connectivity index is 4.25. The van der Waals surface area contributed by atoms with Crippen molar-refractivity contribution < 1.29 is 4.92 Å². The van der Waals surface area contributed by atoms with E-state index in [4.69, 9.17) is 0 Å². The standard InChI is InChI=1S/C9H19NO2S/c1-5-8(10(11)12)9(6-2)13-7(3)4/h7-9H,5-6H2,1-4H3/t8-,9+/m0/s1. The Hall–Kier alpha value is -0.250. The molecule has 0 aromatic carbocycles. The number of thioether (sulfide) groups is 1. The number of nitro groups is 1. The third-order valence-electron chi connectivity index (χ3n) is 1.97. The van der Waals surface area contributed by atoms with Crippen LogP contribution in [0.15, 0.2) is 0 Å². The van der Waals surface area contributed by atoms with Gasteiger partial charge >= 0.3 is 0 Å². The predicted molar refractivity (Wildman–Crippen MR) is 57.9 cm³/mol. The maximum Gasteiger partial charge on any atom is 0.224 e. The molecule has 0 aliphatic heterocycles. The molecule has 3 nitrogen and oxygen atoms in total. The second-order valence-electron chi connectivity index (χ2n) is 3.39. The van der Waals surface area contributed by atoms with Crippen molar-refractivity contribution in [2.24, 2.45) is 0 Å². The predicted octanol–water partition coefficient (Wildman–Crippen LogP) is 2.96. The van der Waals surface area contributed by atoms with Crippen LogP contribution >= 0.6 is 11.8 Å². The van der Waals surface area contributed by atoms with Gasteiger partial charge in [0.1, 0.15) is 0 Å². The molecule has 0 aliphatic rings. The topological polar surface area (TPSA) is 43.1 Å². The van der Waals surface area contributed by atoms with Gasteiger partial charge in [-0.15, -0.1) is 11.8 Å². The maximum atomic E-state index is 10.7. The van der Waals surface area contributed by atoms with Crippen LogP contribution < -0.4 is 0 Å². The van der Waals surface area contributed by atoms with Gasteiger partial charge in [-0.25, -0.2) is 0 Å². The lowest BCUT2D eigenvalue weighted by atomic mass is 10.1. The third kappa shape index (κ3) is 4.50. The summed E-state index contributed by atoms with van der Waals surface area (Å²) in [5.41, 5.74) is 0. The Morgan fingerprint density at radius 2 is 1.85 bits per heavy atom. The van der Waals surface area contributed by atoms with Gasteiger partial charge in [-0.3, -0.25) is 10.1 Å². The van der Waals surface area contributed by atoms with Crippen LogP contribution in [0.3, 0.4) is 0 Å². The van der Waals surface area contributed by atoms with Gasteiger partial charge < -0.3 is 0 Å². The van der Waals surface area contributed by atoms with Gasteiger partial charge in [0.2, 0.25) is 6.04 Å². The third-order valence-corrected chi connectivity index (χ3v) is 3.51. The van der Waals surface area contributed by atoms with E-state index in [2.05, 4.69) is 13.8 Å². The smallest absolute Gasteiger partial charge is 0.224 e. The molecular weight excluding hydrogens is 186 g/mol. The molecule has 0 saturated carbocycles. The first kappa shape index (κ1) is 12.8. The van der Waals surface area contributed by atoms with Crippen LogP contribution in [-0.2, 0) is 0 Å². The molecule has 0 aliphatic carbocycles.